The van der Waals surface area contributed by atoms with Gasteiger partial charge in [0.15, 0.2) is 5.78 Å². The monoisotopic (exact) mass is 684 g/mol. The zero-order valence-electron chi connectivity index (χ0n) is 27.1. The largest absolute Gasteiger partial charge is 0.494 e. The maximum Gasteiger partial charge on any atom is 0.326 e. The van der Waals surface area contributed by atoms with Crippen LogP contribution in [0.25, 0.3) is 0 Å². The number of nitrogens with two attached hydrogens (primary N) is 3. The predicted molar refractivity (Wildman–Crippen MR) is 185 cm³/mol. The Morgan fingerprint density at radius 2 is 1.67 bits per heavy atom. The van der Waals surface area contributed by atoms with Gasteiger partial charge in [-0.2, -0.15) is 12.6 Å². The topological polar surface area (TPSA) is 220 Å². The number of carboxylic acid groups (broad SMARTS) is 1. The van der Waals surface area contributed by atoms with Crippen LogP contribution >= 0.6 is 12.6 Å². The van der Waals surface area contributed by atoms with Crippen LogP contribution in [0, 0.1) is 5.92 Å². The van der Waals surface area contributed by atoms with Crippen molar-refractivity contribution < 1.29 is 33.8 Å². The molecule has 13 nitrogen and oxygen atoms in total. The van der Waals surface area contributed by atoms with E-state index < -0.39 is 54.1 Å². The van der Waals surface area contributed by atoms with Crippen molar-refractivity contribution in [3.8, 4) is 5.75 Å². The molecule has 1 saturated heterocycles. The predicted octanol–water partition coefficient (Wildman–Crippen LogP) is 0.671. The third kappa shape index (κ3) is 11.4. The van der Waals surface area contributed by atoms with Crippen molar-refractivity contribution in [3.63, 3.8) is 0 Å². The fourth-order valence-electron chi connectivity index (χ4n) is 5.72. The number of nitrogens with one attached hydrogen (secondary N) is 2. The molecule has 3 amide bonds. The normalized spacial score (nSPS) is 15.2. The molecule has 0 spiro atoms. The van der Waals surface area contributed by atoms with Crippen molar-refractivity contribution >= 4 is 42.1 Å². The summed E-state index contributed by atoms with van der Waals surface area (Å²) in [5.41, 5.74) is 18.2. The number of benzene rings is 2. The van der Waals surface area contributed by atoms with Crippen LogP contribution in [-0.4, -0.2) is 96.1 Å². The minimum Gasteiger partial charge on any atom is -0.494 e. The number of carboxylic acids is 1. The minimum absolute atomic E-state index is 0.0957. The molecule has 14 heteroatoms. The number of aliphatic carboxylic acids is 1. The van der Waals surface area contributed by atoms with E-state index in [2.05, 4.69) is 23.3 Å². The number of Topliss-reactive ketones (excluding diaryl/α,β-unsaturated/α-hetero) is 1. The molecule has 2 aromatic rings. The first-order valence-corrected chi connectivity index (χ1v) is 16.9. The first-order chi connectivity index (χ1) is 23.1. The minimum atomic E-state index is -1.58. The summed E-state index contributed by atoms with van der Waals surface area (Å²) in [6.45, 7) is 1.81. The Labute approximate surface area is 286 Å². The van der Waals surface area contributed by atoms with Gasteiger partial charge in [0.1, 0.15) is 17.8 Å². The summed E-state index contributed by atoms with van der Waals surface area (Å²) in [6.07, 6.45) is 5.25. The number of ketones is 1. The number of hydrogen-bond acceptors (Lipinski definition) is 11. The Morgan fingerprint density at radius 1 is 0.979 bits per heavy atom. The van der Waals surface area contributed by atoms with E-state index in [9.17, 15) is 29.1 Å². The first-order valence-electron chi connectivity index (χ1n) is 16.3. The highest BCUT2D eigenvalue weighted by atomic mass is 32.1. The summed E-state index contributed by atoms with van der Waals surface area (Å²) < 4.78 is 5.87. The molecule has 1 aliphatic heterocycles. The summed E-state index contributed by atoms with van der Waals surface area (Å²) in [6, 6.07) is 8.97. The average Bonchev–Trinajstić information content (AvgIpc) is 3.11. The standard InChI is InChI=1S/C34H48N6O7S/c35-19-30(41)26-7-2-1-6-24(26)18-29(40(31(42)20-36)33(44)27(37)21-48)32(43)39-28(34(45)46)17-23-8-10-25(11-9-23)47-16-4-3-5-22-12-14-38-15-13-22/h1-2,6-11,22,27-29,38,48H,3-5,12-21,35-37H2,(H,39,43)(H,45,46). The number of imide groups is 1. The van der Waals surface area contributed by atoms with Crippen molar-refractivity contribution in [1.29, 1.82) is 0 Å². The van der Waals surface area contributed by atoms with Gasteiger partial charge >= 0.3 is 5.97 Å². The quantitative estimate of drug-likeness (QED) is 0.0619. The number of amides is 3. The number of piperidine rings is 1. The Bertz CT molecular complexity index is 1390. The first kappa shape index (κ1) is 38.6. The molecule has 1 aliphatic rings. The number of thiol groups is 1. The number of unbranched alkanes of at least 4 members (excludes halogenated alkanes) is 1. The van der Waals surface area contributed by atoms with E-state index in [4.69, 9.17) is 21.9 Å². The zero-order chi connectivity index (χ0) is 35.1. The van der Waals surface area contributed by atoms with E-state index in [1.807, 2.05) is 0 Å². The molecule has 3 atom stereocenters. The molecule has 9 N–H and O–H groups in total. The Balaban J connectivity index is 1.74. The van der Waals surface area contributed by atoms with Gasteiger partial charge in [0.05, 0.1) is 25.7 Å². The van der Waals surface area contributed by atoms with Crippen LogP contribution in [0.1, 0.15) is 53.6 Å². The Morgan fingerprint density at radius 3 is 2.29 bits per heavy atom. The lowest BCUT2D eigenvalue weighted by Gasteiger charge is -2.32. The van der Waals surface area contributed by atoms with Crippen LogP contribution in [0.3, 0.4) is 0 Å². The second-order valence-electron chi connectivity index (χ2n) is 11.9. The van der Waals surface area contributed by atoms with Crippen molar-refractivity contribution in [2.24, 2.45) is 23.1 Å². The number of hydrogen-bond donors (Lipinski definition) is 7. The molecule has 3 rings (SSSR count). The molecule has 48 heavy (non-hydrogen) atoms. The summed E-state index contributed by atoms with van der Waals surface area (Å²) in [4.78, 5) is 65.7. The summed E-state index contributed by atoms with van der Waals surface area (Å²) in [7, 11) is 0. The maximum atomic E-state index is 13.9. The van der Waals surface area contributed by atoms with Crippen LogP contribution in [0.4, 0.5) is 0 Å². The molecular weight excluding hydrogens is 636 g/mol. The summed E-state index contributed by atoms with van der Waals surface area (Å²) in [5, 5.41) is 15.9. The molecule has 0 bridgehead atoms. The smallest absolute Gasteiger partial charge is 0.326 e. The SMILES string of the molecule is NCC(=O)c1ccccc1CC(C(=O)NC(Cc1ccc(OCCCCC2CCNCC2)cc1)C(=O)O)N(C(=O)CN)C(=O)C(N)CS. The average molecular weight is 685 g/mol. The molecule has 0 radical (unpaired) electrons. The number of nitrogens with zero attached hydrogens (tertiary/aromatic N) is 1. The number of ether oxygens (including phenoxy) is 1. The molecular formula is C34H48N6O7S. The molecule has 1 fully saturated rings. The van der Waals surface area contributed by atoms with Crippen molar-refractivity contribution in [3.05, 3.63) is 65.2 Å². The Hall–Kier alpha value is -3.82. The van der Waals surface area contributed by atoms with Crippen molar-refractivity contribution in [2.45, 2.75) is 63.1 Å². The van der Waals surface area contributed by atoms with E-state index in [-0.39, 0.29) is 30.7 Å². The van der Waals surface area contributed by atoms with E-state index in [1.165, 1.54) is 25.3 Å². The van der Waals surface area contributed by atoms with Gasteiger partial charge in [0, 0.05) is 24.2 Å². The van der Waals surface area contributed by atoms with E-state index >= 15 is 0 Å². The zero-order valence-corrected chi connectivity index (χ0v) is 28.0. The van der Waals surface area contributed by atoms with Crippen LogP contribution in [0.2, 0.25) is 0 Å². The third-order valence-corrected chi connectivity index (χ3v) is 8.83. The van der Waals surface area contributed by atoms with Gasteiger partial charge in [-0.15, -0.1) is 0 Å². The third-order valence-electron chi connectivity index (χ3n) is 8.44. The van der Waals surface area contributed by atoms with Gasteiger partial charge in [-0.3, -0.25) is 24.1 Å². The highest BCUT2D eigenvalue weighted by Crippen LogP contribution is 2.20. The van der Waals surface area contributed by atoms with Gasteiger partial charge in [0.25, 0.3) is 0 Å². The second-order valence-corrected chi connectivity index (χ2v) is 12.2. The van der Waals surface area contributed by atoms with E-state index in [1.54, 1.807) is 42.5 Å². The van der Waals surface area contributed by atoms with Gasteiger partial charge in [-0.1, -0.05) is 42.8 Å². The van der Waals surface area contributed by atoms with Gasteiger partial charge in [-0.05, 0) is 68.0 Å². The molecule has 262 valence electrons. The maximum absolute atomic E-state index is 13.9. The Kier molecular flexibility index (Phi) is 16.0. The lowest BCUT2D eigenvalue weighted by atomic mass is 9.93. The lowest BCUT2D eigenvalue weighted by Crippen LogP contribution is -2.60. The van der Waals surface area contributed by atoms with Crippen LogP contribution in [0.15, 0.2) is 48.5 Å². The molecule has 2 aromatic carbocycles. The highest BCUT2D eigenvalue weighted by Gasteiger charge is 2.38. The van der Waals surface area contributed by atoms with Gasteiger partial charge in [-0.25, -0.2) is 4.79 Å². The molecule has 3 unspecified atom stereocenters. The molecule has 0 aliphatic carbocycles. The fraction of sp³-hybridized carbons (Fsp3) is 0.500. The van der Waals surface area contributed by atoms with E-state index in [0.29, 0.717) is 28.4 Å². The van der Waals surface area contributed by atoms with Crippen LogP contribution in [0.5, 0.6) is 5.75 Å². The molecule has 1 heterocycles. The fourth-order valence-corrected chi connectivity index (χ4v) is 5.87. The van der Waals surface area contributed by atoms with Crippen molar-refractivity contribution in [1.82, 2.24) is 15.5 Å². The van der Waals surface area contributed by atoms with Crippen LogP contribution < -0.4 is 32.6 Å². The van der Waals surface area contributed by atoms with Crippen molar-refractivity contribution in [2.75, 3.05) is 38.5 Å². The van der Waals surface area contributed by atoms with Gasteiger partial charge in [0.2, 0.25) is 17.7 Å². The molecule has 0 saturated carbocycles. The molecule has 0 aromatic heterocycles. The van der Waals surface area contributed by atoms with Gasteiger partial charge < -0.3 is 37.7 Å². The highest BCUT2D eigenvalue weighted by molar-refractivity contribution is 7.80. The number of carbonyl (C=O) groups excluding carboxylic acids is 4. The summed E-state index contributed by atoms with van der Waals surface area (Å²) >= 11 is 4.05. The second kappa shape index (κ2) is 19.9. The van der Waals surface area contributed by atoms with Crippen LogP contribution in [-0.2, 0) is 32.0 Å². The summed E-state index contributed by atoms with van der Waals surface area (Å²) in [5.74, 6) is -3.24. The number of rotatable bonds is 19. The van der Waals surface area contributed by atoms with E-state index in [0.717, 1.165) is 31.8 Å². The lowest BCUT2D eigenvalue weighted by molar-refractivity contribution is -0.152. The number of carbonyl (C=O) groups is 5.